The van der Waals surface area contributed by atoms with E-state index in [-0.39, 0.29) is 11.9 Å². The van der Waals surface area contributed by atoms with E-state index in [9.17, 15) is 4.79 Å². The summed E-state index contributed by atoms with van der Waals surface area (Å²) in [5.74, 6) is 0.150. The summed E-state index contributed by atoms with van der Waals surface area (Å²) < 4.78 is 5.25. The van der Waals surface area contributed by atoms with E-state index in [2.05, 4.69) is 19.0 Å². The molecule has 0 bridgehead atoms. The topological polar surface area (TPSA) is 46.3 Å². The van der Waals surface area contributed by atoms with Crippen molar-refractivity contribution >= 4 is 16.9 Å². The fourth-order valence-corrected chi connectivity index (χ4v) is 2.57. The van der Waals surface area contributed by atoms with Crippen molar-refractivity contribution in [1.82, 2.24) is 10.1 Å². The molecule has 1 saturated carbocycles. The minimum Gasteiger partial charge on any atom is -0.356 e. The highest BCUT2D eigenvalue weighted by atomic mass is 16.5. The lowest BCUT2D eigenvalue weighted by Crippen LogP contribution is -2.39. The average Bonchev–Trinajstić information content (AvgIpc) is 3.11. The second kappa shape index (κ2) is 4.68. The second-order valence-electron chi connectivity index (χ2n) is 5.43. The summed E-state index contributed by atoms with van der Waals surface area (Å²) >= 11 is 0. The smallest absolute Gasteiger partial charge is 0.229 e. The number of carbonyl (C=O) groups is 1. The largest absolute Gasteiger partial charge is 0.356 e. The lowest BCUT2D eigenvalue weighted by Gasteiger charge is -2.26. The third-order valence-electron chi connectivity index (χ3n) is 3.56. The first-order valence-corrected chi connectivity index (χ1v) is 6.81. The van der Waals surface area contributed by atoms with Gasteiger partial charge in [0.15, 0.2) is 5.58 Å². The molecule has 2 aromatic rings. The lowest BCUT2D eigenvalue weighted by atomic mass is 10.1. The molecule has 1 aromatic carbocycles. The van der Waals surface area contributed by atoms with E-state index in [0.29, 0.717) is 12.5 Å². The van der Waals surface area contributed by atoms with Gasteiger partial charge in [-0.3, -0.25) is 4.79 Å². The van der Waals surface area contributed by atoms with Crippen LogP contribution in [0.5, 0.6) is 0 Å². The predicted octanol–water partition coefficient (Wildman–Crippen LogP) is 2.77. The fourth-order valence-electron chi connectivity index (χ4n) is 2.57. The Balaban J connectivity index is 1.82. The second-order valence-corrected chi connectivity index (χ2v) is 5.43. The van der Waals surface area contributed by atoms with Gasteiger partial charge in [-0.25, -0.2) is 0 Å². The van der Waals surface area contributed by atoms with E-state index >= 15 is 0 Å². The summed E-state index contributed by atoms with van der Waals surface area (Å²) in [6.45, 7) is 4.13. The molecule has 1 amide bonds. The molecule has 1 aliphatic rings. The minimum atomic E-state index is 0.150. The number of carbonyl (C=O) groups excluding carboxylic acids is 1. The molecule has 3 rings (SSSR count). The molecule has 19 heavy (non-hydrogen) atoms. The molecule has 1 aliphatic carbocycles. The van der Waals surface area contributed by atoms with E-state index in [1.54, 1.807) is 0 Å². The maximum absolute atomic E-state index is 12.4. The van der Waals surface area contributed by atoms with Crippen molar-refractivity contribution in [2.75, 3.05) is 0 Å². The van der Waals surface area contributed by atoms with Gasteiger partial charge < -0.3 is 9.42 Å². The summed E-state index contributed by atoms with van der Waals surface area (Å²) in [6.07, 6.45) is 2.58. The molecule has 0 atom stereocenters. The monoisotopic (exact) mass is 258 g/mol. The van der Waals surface area contributed by atoms with Crippen LogP contribution in [0.2, 0.25) is 0 Å². The number of rotatable bonds is 4. The Hall–Kier alpha value is -1.84. The first-order valence-electron chi connectivity index (χ1n) is 6.81. The Morgan fingerprint density at radius 3 is 2.84 bits per heavy atom. The van der Waals surface area contributed by atoms with Crippen LogP contribution in [0.1, 0.15) is 32.4 Å². The molecule has 1 fully saturated rings. The van der Waals surface area contributed by atoms with Crippen LogP contribution in [0.15, 0.2) is 28.8 Å². The third kappa shape index (κ3) is 2.35. The van der Waals surface area contributed by atoms with Crippen LogP contribution in [-0.4, -0.2) is 28.0 Å². The maximum Gasteiger partial charge on any atom is 0.229 e. The number of benzene rings is 1. The average molecular weight is 258 g/mol. The van der Waals surface area contributed by atoms with E-state index in [1.165, 1.54) is 0 Å². The Morgan fingerprint density at radius 2 is 2.16 bits per heavy atom. The number of para-hydroxylation sites is 1. The molecule has 1 heterocycles. The molecule has 0 unspecified atom stereocenters. The standard InChI is InChI=1S/C15H18N2O2/c1-10(2)17(11-7-8-11)15(18)9-13-12-5-3-4-6-14(12)19-16-13/h3-6,10-11H,7-9H2,1-2H3. The molecule has 0 radical (unpaired) electrons. The number of hydrogen-bond donors (Lipinski definition) is 0. The Kier molecular flexibility index (Phi) is 3.01. The number of fused-ring (bicyclic) bond motifs is 1. The van der Waals surface area contributed by atoms with Gasteiger partial charge in [-0.2, -0.15) is 0 Å². The van der Waals surface area contributed by atoms with Gasteiger partial charge >= 0.3 is 0 Å². The van der Waals surface area contributed by atoms with E-state index < -0.39 is 0 Å². The lowest BCUT2D eigenvalue weighted by molar-refractivity contribution is -0.132. The van der Waals surface area contributed by atoms with Crippen molar-refractivity contribution in [2.45, 2.75) is 45.2 Å². The first-order chi connectivity index (χ1) is 9.16. The van der Waals surface area contributed by atoms with Crippen LogP contribution < -0.4 is 0 Å². The Labute approximate surface area is 112 Å². The molecule has 0 aliphatic heterocycles. The van der Waals surface area contributed by atoms with E-state index in [1.807, 2.05) is 29.2 Å². The van der Waals surface area contributed by atoms with Crippen molar-refractivity contribution in [3.05, 3.63) is 30.0 Å². The molecule has 100 valence electrons. The van der Waals surface area contributed by atoms with Crippen molar-refractivity contribution in [3.8, 4) is 0 Å². The molecule has 0 saturated heterocycles. The predicted molar refractivity (Wildman–Crippen MR) is 72.7 cm³/mol. The number of amides is 1. The highest BCUT2D eigenvalue weighted by Crippen LogP contribution is 2.29. The van der Waals surface area contributed by atoms with Gasteiger partial charge in [0.1, 0.15) is 5.69 Å². The van der Waals surface area contributed by atoms with Gasteiger partial charge in [0.2, 0.25) is 5.91 Å². The summed E-state index contributed by atoms with van der Waals surface area (Å²) in [6, 6.07) is 8.35. The maximum atomic E-state index is 12.4. The van der Waals surface area contributed by atoms with Crippen LogP contribution in [0.25, 0.3) is 11.0 Å². The van der Waals surface area contributed by atoms with Crippen LogP contribution >= 0.6 is 0 Å². The first kappa shape index (κ1) is 12.2. The summed E-state index contributed by atoms with van der Waals surface area (Å²) in [5.41, 5.74) is 1.49. The molecular formula is C15H18N2O2. The zero-order valence-electron chi connectivity index (χ0n) is 11.3. The summed E-state index contributed by atoms with van der Waals surface area (Å²) in [4.78, 5) is 14.4. The molecule has 4 heteroatoms. The highest BCUT2D eigenvalue weighted by molar-refractivity contribution is 5.86. The zero-order chi connectivity index (χ0) is 13.4. The van der Waals surface area contributed by atoms with Gasteiger partial charge in [-0.05, 0) is 38.8 Å². The molecule has 1 aromatic heterocycles. The SMILES string of the molecule is CC(C)N(C(=O)Cc1noc2ccccc12)C1CC1. The van der Waals surface area contributed by atoms with Crippen molar-refractivity contribution in [1.29, 1.82) is 0 Å². The summed E-state index contributed by atoms with van der Waals surface area (Å²) in [7, 11) is 0. The summed E-state index contributed by atoms with van der Waals surface area (Å²) in [5, 5.41) is 4.97. The van der Waals surface area contributed by atoms with Crippen molar-refractivity contribution in [3.63, 3.8) is 0 Å². The normalized spacial score (nSPS) is 15.1. The van der Waals surface area contributed by atoms with E-state index in [4.69, 9.17) is 4.52 Å². The van der Waals surface area contributed by atoms with Gasteiger partial charge in [-0.1, -0.05) is 17.3 Å². The quantitative estimate of drug-likeness (QED) is 0.847. The van der Waals surface area contributed by atoms with E-state index in [0.717, 1.165) is 29.5 Å². The number of hydrogen-bond acceptors (Lipinski definition) is 3. The Bertz CT molecular complexity index is 597. The van der Waals surface area contributed by atoms with Crippen LogP contribution in [0, 0.1) is 0 Å². The van der Waals surface area contributed by atoms with Crippen LogP contribution in [0.4, 0.5) is 0 Å². The molecule has 4 nitrogen and oxygen atoms in total. The van der Waals surface area contributed by atoms with Gasteiger partial charge in [0.05, 0.1) is 6.42 Å². The van der Waals surface area contributed by atoms with Crippen molar-refractivity contribution < 1.29 is 9.32 Å². The Morgan fingerprint density at radius 1 is 1.42 bits per heavy atom. The fraction of sp³-hybridized carbons (Fsp3) is 0.467. The van der Waals surface area contributed by atoms with Gasteiger partial charge in [0.25, 0.3) is 0 Å². The molecular weight excluding hydrogens is 240 g/mol. The molecule has 0 N–H and O–H groups in total. The minimum absolute atomic E-state index is 0.150. The van der Waals surface area contributed by atoms with Crippen LogP contribution in [-0.2, 0) is 11.2 Å². The van der Waals surface area contributed by atoms with Crippen molar-refractivity contribution in [2.24, 2.45) is 0 Å². The van der Waals surface area contributed by atoms with Gasteiger partial charge in [-0.15, -0.1) is 0 Å². The van der Waals surface area contributed by atoms with Gasteiger partial charge in [0, 0.05) is 17.5 Å². The highest BCUT2D eigenvalue weighted by Gasteiger charge is 2.34. The number of aromatic nitrogens is 1. The zero-order valence-corrected chi connectivity index (χ0v) is 11.3. The molecule has 0 spiro atoms. The third-order valence-corrected chi connectivity index (χ3v) is 3.56. The number of nitrogens with zero attached hydrogens (tertiary/aromatic N) is 2. The van der Waals surface area contributed by atoms with Crippen LogP contribution in [0.3, 0.4) is 0 Å².